The van der Waals surface area contributed by atoms with Crippen molar-refractivity contribution in [3.05, 3.63) is 29.6 Å². The molecule has 0 spiro atoms. The van der Waals surface area contributed by atoms with Gasteiger partial charge in [0.25, 0.3) is 0 Å². The molecular formula is C11H15N5. The van der Waals surface area contributed by atoms with Crippen LogP contribution in [0.2, 0.25) is 0 Å². The Morgan fingerprint density at radius 2 is 1.94 bits per heavy atom. The van der Waals surface area contributed by atoms with Crippen molar-refractivity contribution in [2.24, 2.45) is 0 Å². The molecule has 2 aromatic rings. The molecule has 0 bridgehead atoms. The third-order valence-electron chi connectivity index (χ3n) is 3.19. The van der Waals surface area contributed by atoms with E-state index in [4.69, 9.17) is 0 Å². The molecule has 2 heterocycles. The maximum atomic E-state index is 4.41. The van der Waals surface area contributed by atoms with Gasteiger partial charge in [0, 0.05) is 5.69 Å². The Bertz CT molecular complexity index is 457. The first kappa shape index (κ1) is 9.57. The maximum Gasteiger partial charge on any atom is 0.119 e. The van der Waals surface area contributed by atoms with Gasteiger partial charge >= 0.3 is 0 Å². The van der Waals surface area contributed by atoms with Crippen LogP contribution in [0.3, 0.4) is 0 Å². The molecule has 0 aromatic carbocycles. The highest BCUT2D eigenvalue weighted by molar-refractivity contribution is 5.26. The third kappa shape index (κ3) is 1.73. The van der Waals surface area contributed by atoms with E-state index in [1.807, 2.05) is 4.57 Å². The summed E-state index contributed by atoms with van der Waals surface area (Å²) < 4.78 is 1.96. The molecule has 0 radical (unpaired) electrons. The van der Waals surface area contributed by atoms with Gasteiger partial charge in [0.05, 0.1) is 12.2 Å². The largest absolute Gasteiger partial charge is 0.314 e. The smallest absolute Gasteiger partial charge is 0.119 e. The average Bonchev–Trinajstić information content (AvgIpc) is 2.86. The quantitative estimate of drug-likeness (QED) is 0.772. The number of fused-ring (bicyclic) bond motifs is 1. The molecule has 0 atom stereocenters. The summed E-state index contributed by atoms with van der Waals surface area (Å²) in [5.41, 5.74) is 3.91. The lowest BCUT2D eigenvalue weighted by Gasteiger charge is -2.02. The van der Waals surface area contributed by atoms with Crippen molar-refractivity contribution < 1.29 is 0 Å². The zero-order valence-corrected chi connectivity index (χ0v) is 9.19. The number of rotatable bonds is 2. The number of nitrogens with zero attached hydrogens (tertiary/aromatic N) is 4. The fraction of sp³-hybridized carbons (Fsp3) is 0.545. The Labute approximate surface area is 93.9 Å². The van der Waals surface area contributed by atoms with Gasteiger partial charge in [0.15, 0.2) is 0 Å². The van der Waals surface area contributed by atoms with Gasteiger partial charge in [-0.25, -0.2) is 0 Å². The minimum atomic E-state index is 0.777. The van der Waals surface area contributed by atoms with Crippen LogP contribution in [-0.2, 0) is 19.4 Å². The first-order valence-corrected chi connectivity index (χ1v) is 5.81. The highest BCUT2D eigenvalue weighted by atomic mass is 15.2. The van der Waals surface area contributed by atoms with E-state index in [1.165, 1.54) is 30.5 Å². The van der Waals surface area contributed by atoms with Gasteiger partial charge in [0.1, 0.15) is 12.7 Å². The lowest BCUT2D eigenvalue weighted by Crippen LogP contribution is -2.00. The molecule has 0 saturated carbocycles. The van der Waals surface area contributed by atoms with Crippen LogP contribution in [0.1, 0.15) is 36.2 Å². The molecule has 1 N–H and O–H groups in total. The van der Waals surface area contributed by atoms with Crippen molar-refractivity contribution in [1.29, 1.82) is 0 Å². The highest BCUT2D eigenvalue weighted by Gasteiger charge is 2.15. The number of hydrogen-bond acceptors (Lipinski definition) is 3. The van der Waals surface area contributed by atoms with Crippen LogP contribution < -0.4 is 0 Å². The molecule has 0 fully saturated rings. The van der Waals surface area contributed by atoms with Crippen LogP contribution in [0, 0.1) is 0 Å². The number of aryl methyl sites for hydroxylation is 1. The molecule has 16 heavy (non-hydrogen) atoms. The highest BCUT2D eigenvalue weighted by Crippen LogP contribution is 2.21. The normalized spacial score (nSPS) is 15.8. The molecule has 1 aliphatic rings. The van der Waals surface area contributed by atoms with E-state index in [9.17, 15) is 0 Å². The minimum Gasteiger partial charge on any atom is -0.314 e. The van der Waals surface area contributed by atoms with Crippen molar-refractivity contribution >= 4 is 0 Å². The van der Waals surface area contributed by atoms with Crippen LogP contribution >= 0.6 is 0 Å². The number of hydrogen-bond donors (Lipinski definition) is 1. The second kappa shape index (κ2) is 4.08. The summed E-state index contributed by atoms with van der Waals surface area (Å²) >= 11 is 0. The average molecular weight is 217 g/mol. The molecule has 0 amide bonds. The van der Waals surface area contributed by atoms with E-state index in [2.05, 4.69) is 20.4 Å². The van der Waals surface area contributed by atoms with Crippen LogP contribution in [0.25, 0.3) is 0 Å². The molecule has 0 aliphatic heterocycles. The zero-order chi connectivity index (χ0) is 10.8. The predicted molar refractivity (Wildman–Crippen MR) is 59.0 cm³/mol. The van der Waals surface area contributed by atoms with Gasteiger partial charge < -0.3 is 4.57 Å². The number of H-pyrrole nitrogens is 1. The Morgan fingerprint density at radius 1 is 1.12 bits per heavy atom. The summed E-state index contributed by atoms with van der Waals surface area (Å²) in [5, 5.41) is 15.2. The Hall–Kier alpha value is -1.65. The van der Waals surface area contributed by atoms with Gasteiger partial charge in [0.2, 0.25) is 0 Å². The number of nitrogens with one attached hydrogen (secondary N) is 1. The van der Waals surface area contributed by atoms with Crippen molar-refractivity contribution in [3.8, 4) is 0 Å². The molecule has 2 aromatic heterocycles. The Morgan fingerprint density at radius 3 is 2.81 bits per heavy atom. The van der Waals surface area contributed by atoms with Gasteiger partial charge in [-0.3, -0.25) is 5.10 Å². The Kier molecular flexibility index (Phi) is 2.44. The molecule has 1 aliphatic carbocycles. The van der Waals surface area contributed by atoms with E-state index >= 15 is 0 Å². The molecule has 3 rings (SSSR count). The number of aromatic amines is 1. The fourth-order valence-corrected chi connectivity index (χ4v) is 2.33. The first-order chi connectivity index (χ1) is 7.93. The first-order valence-electron chi connectivity index (χ1n) is 5.81. The van der Waals surface area contributed by atoms with Gasteiger partial charge in [-0.15, -0.1) is 10.2 Å². The SMILES string of the molecule is c1nncn1Cc1n[nH]c2c1CCCCC2. The van der Waals surface area contributed by atoms with Crippen molar-refractivity contribution in [1.82, 2.24) is 25.0 Å². The zero-order valence-electron chi connectivity index (χ0n) is 9.19. The van der Waals surface area contributed by atoms with Crippen LogP contribution in [-0.4, -0.2) is 25.0 Å². The molecule has 0 unspecified atom stereocenters. The summed E-state index contributed by atoms with van der Waals surface area (Å²) in [6, 6.07) is 0. The molecule has 0 saturated heterocycles. The fourth-order valence-electron chi connectivity index (χ4n) is 2.33. The van der Waals surface area contributed by atoms with Gasteiger partial charge in [-0.1, -0.05) is 6.42 Å². The van der Waals surface area contributed by atoms with Gasteiger partial charge in [-0.05, 0) is 31.2 Å². The van der Waals surface area contributed by atoms with E-state index in [-0.39, 0.29) is 0 Å². The topological polar surface area (TPSA) is 59.4 Å². The summed E-state index contributed by atoms with van der Waals surface area (Å²) in [5.74, 6) is 0. The van der Waals surface area contributed by atoms with Crippen molar-refractivity contribution in [2.45, 2.75) is 38.6 Å². The second-order valence-corrected chi connectivity index (χ2v) is 4.32. The minimum absolute atomic E-state index is 0.777. The lowest BCUT2D eigenvalue weighted by atomic mass is 10.1. The van der Waals surface area contributed by atoms with E-state index < -0.39 is 0 Å². The van der Waals surface area contributed by atoms with Crippen molar-refractivity contribution in [3.63, 3.8) is 0 Å². The second-order valence-electron chi connectivity index (χ2n) is 4.32. The van der Waals surface area contributed by atoms with E-state index in [1.54, 1.807) is 12.7 Å². The van der Waals surface area contributed by atoms with E-state index in [0.29, 0.717) is 0 Å². The van der Waals surface area contributed by atoms with E-state index in [0.717, 1.165) is 25.1 Å². The van der Waals surface area contributed by atoms with Crippen molar-refractivity contribution in [2.75, 3.05) is 0 Å². The van der Waals surface area contributed by atoms with Crippen LogP contribution in [0.5, 0.6) is 0 Å². The molecule has 84 valence electrons. The summed E-state index contributed by atoms with van der Waals surface area (Å²) in [6.45, 7) is 0.777. The molecule has 5 nitrogen and oxygen atoms in total. The van der Waals surface area contributed by atoms with Crippen LogP contribution in [0.4, 0.5) is 0 Å². The predicted octanol–water partition coefficient (Wildman–Crippen LogP) is 1.32. The standard InChI is InChI=1S/C11H15N5/c1-2-4-9-10(5-3-1)14-15-11(9)6-16-7-12-13-8-16/h7-8H,1-6H2,(H,14,15). The summed E-state index contributed by atoms with van der Waals surface area (Å²) in [6.07, 6.45) is 9.65. The molecular weight excluding hydrogens is 202 g/mol. The maximum absolute atomic E-state index is 4.41. The molecule has 5 heteroatoms. The lowest BCUT2D eigenvalue weighted by molar-refractivity contribution is 0.690. The Balaban J connectivity index is 1.87. The number of aromatic nitrogens is 5. The van der Waals surface area contributed by atoms with Gasteiger partial charge in [-0.2, -0.15) is 5.10 Å². The van der Waals surface area contributed by atoms with Crippen LogP contribution in [0.15, 0.2) is 12.7 Å². The summed E-state index contributed by atoms with van der Waals surface area (Å²) in [7, 11) is 0. The third-order valence-corrected chi connectivity index (χ3v) is 3.19. The summed E-state index contributed by atoms with van der Waals surface area (Å²) in [4.78, 5) is 0. The monoisotopic (exact) mass is 217 g/mol.